The molecule has 0 radical (unpaired) electrons. The molecule has 3 rings (SSSR count). The first-order valence-electron chi connectivity index (χ1n) is 11.6. The molecule has 3 amide bonds. The van der Waals surface area contributed by atoms with Crippen LogP contribution in [-0.4, -0.2) is 29.0 Å². The van der Waals surface area contributed by atoms with Crippen LogP contribution in [0.4, 0.5) is 10.1 Å². The summed E-state index contributed by atoms with van der Waals surface area (Å²) in [5.41, 5.74) is 4.14. The molecule has 34 heavy (non-hydrogen) atoms. The van der Waals surface area contributed by atoms with Gasteiger partial charge in [0, 0.05) is 30.1 Å². The van der Waals surface area contributed by atoms with Gasteiger partial charge in [-0.3, -0.25) is 19.6 Å². The van der Waals surface area contributed by atoms with Crippen molar-refractivity contribution in [2.24, 2.45) is 0 Å². The van der Waals surface area contributed by atoms with Gasteiger partial charge in [0.1, 0.15) is 5.82 Å². The zero-order valence-corrected chi connectivity index (χ0v) is 19.0. The Morgan fingerprint density at radius 2 is 1.50 bits per heavy atom. The average Bonchev–Trinajstić information content (AvgIpc) is 3.65. The minimum atomic E-state index is -0.399. The Labute approximate surface area is 198 Å². The van der Waals surface area contributed by atoms with Crippen molar-refractivity contribution in [1.82, 2.24) is 10.8 Å². The van der Waals surface area contributed by atoms with E-state index in [1.54, 1.807) is 35.8 Å². The van der Waals surface area contributed by atoms with Crippen LogP contribution in [0.5, 0.6) is 0 Å². The molecule has 1 saturated carbocycles. The predicted octanol–water partition coefficient (Wildman–Crippen LogP) is 4.43. The van der Waals surface area contributed by atoms with Gasteiger partial charge < -0.3 is 10.6 Å². The second-order valence-electron chi connectivity index (χ2n) is 8.43. The standard InChI is InChI=1S/C26H30FN3O4/c27-20-11-9-19(10-12-20)23(26(33)29-22-15-16-22)17-18-7-13-21(14-8-18)28-24(31)5-3-1-2-4-6-25(32)30-34/h7-14,17,22,34H,1-6,15-16H2,(H,28,31)(H,29,33)(H,30,32)/b23-17-. The molecule has 7 nitrogen and oxygen atoms in total. The zero-order chi connectivity index (χ0) is 24.3. The Morgan fingerprint density at radius 1 is 0.882 bits per heavy atom. The molecule has 4 N–H and O–H groups in total. The van der Waals surface area contributed by atoms with Gasteiger partial charge in [0.15, 0.2) is 0 Å². The maximum atomic E-state index is 13.3. The van der Waals surface area contributed by atoms with E-state index in [4.69, 9.17) is 5.21 Å². The van der Waals surface area contributed by atoms with E-state index in [9.17, 15) is 18.8 Å². The SMILES string of the molecule is O=C(CCCCCCC(=O)Nc1ccc(/C=C(\C(=O)NC2CC2)c2ccc(F)cc2)cc1)NO. The van der Waals surface area contributed by atoms with Crippen molar-refractivity contribution in [2.75, 3.05) is 5.32 Å². The van der Waals surface area contributed by atoms with E-state index in [0.29, 0.717) is 36.1 Å². The first kappa shape index (κ1) is 25.1. The fourth-order valence-corrected chi connectivity index (χ4v) is 3.43. The van der Waals surface area contributed by atoms with Crippen LogP contribution in [0.25, 0.3) is 11.6 Å². The highest BCUT2D eigenvalue weighted by Crippen LogP contribution is 2.24. The van der Waals surface area contributed by atoms with Gasteiger partial charge >= 0.3 is 0 Å². The zero-order valence-electron chi connectivity index (χ0n) is 19.0. The number of hydroxylamine groups is 1. The molecule has 0 bridgehead atoms. The lowest BCUT2D eigenvalue weighted by molar-refractivity contribution is -0.129. The minimum Gasteiger partial charge on any atom is -0.349 e. The van der Waals surface area contributed by atoms with Gasteiger partial charge in [-0.25, -0.2) is 9.87 Å². The molecule has 8 heteroatoms. The normalized spacial score (nSPS) is 13.3. The van der Waals surface area contributed by atoms with Gasteiger partial charge in [-0.2, -0.15) is 0 Å². The van der Waals surface area contributed by atoms with Crippen LogP contribution >= 0.6 is 0 Å². The second-order valence-corrected chi connectivity index (χ2v) is 8.43. The Balaban J connectivity index is 1.54. The molecule has 2 aromatic rings. The number of nitrogens with one attached hydrogen (secondary N) is 3. The lowest BCUT2D eigenvalue weighted by atomic mass is 10.0. The van der Waals surface area contributed by atoms with Crippen LogP contribution < -0.4 is 16.1 Å². The summed E-state index contributed by atoms with van der Waals surface area (Å²) >= 11 is 0. The molecule has 180 valence electrons. The molecule has 1 fully saturated rings. The smallest absolute Gasteiger partial charge is 0.252 e. The third kappa shape index (κ3) is 8.44. The summed E-state index contributed by atoms with van der Waals surface area (Å²) in [6, 6.07) is 13.2. The average molecular weight is 468 g/mol. The molecule has 0 spiro atoms. The molecule has 1 aliphatic carbocycles. The van der Waals surface area contributed by atoms with E-state index in [2.05, 4.69) is 10.6 Å². The van der Waals surface area contributed by atoms with Crippen molar-refractivity contribution in [3.63, 3.8) is 0 Å². The van der Waals surface area contributed by atoms with E-state index in [0.717, 1.165) is 31.2 Å². The highest BCUT2D eigenvalue weighted by atomic mass is 19.1. The summed E-state index contributed by atoms with van der Waals surface area (Å²) in [6.07, 6.45) is 7.37. The lowest BCUT2D eigenvalue weighted by Crippen LogP contribution is -2.26. The molecule has 2 aromatic carbocycles. The molecular formula is C26H30FN3O4. The summed E-state index contributed by atoms with van der Waals surface area (Å²) in [5, 5.41) is 14.3. The lowest BCUT2D eigenvalue weighted by Gasteiger charge is -2.10. The number of anilines is 1. The van der Waals surface area contributed by atoms with Gasteiger partial charge in [-0.15, -0.1) is 0 Å². The van der Waals surface area contributed by atoms with Gasteiger partial charge in [0.05, 0.1) is 0 Å². The van der Waals surface area contributed by atoms with Gasteiger partial charge in [0.25, 0.3) is 5.91 Å². The Kier molecular flexibility index (Phi) is 9.34. The maximum Gasteiger partial charge on any atom is 0.252 e. The van der Waals surface area contributed by atoms with Crippen LogP contribution in [0, 0.1) is 5.82 Å². The predicted molar refractivity (Wildman–Crippen MR) is 128 cm³/mol. The van der Waals surface area contributed by atoms with Crippen molar-refractivity contribution in [3.05, 3.63) is 65.5 Å². The molecule has 0 aliphatic heterocycles. The first-order valence-corrected chi connectivity index (χ1v) is 11.6. The second kappa shape index (κ2) is 12.6. The Hall–Kier alpha value is -3.52. The van der Waals surface area contributed by atoms with E-state index in [1.807, 2.05) is 12.1 Å². The van der Waals surface area contributed by atoms with Crippen LogP contribution in [0.1, 0.15) is 62.5 Å². The topological polar surface area (TPSA) is 108 Å². The molecule has 0 atom stereocenters. The monoisotopic (exact) mass is 467 g/mol. The number of unbranched alkanes of at least 4 members (excludes halogenated alkanes) is 3. The number of carbonyl (C=O) groups is 3. The van der Waals surface area contributed by atoms with E-state index >= 15 is 0 Å². The number of halogens is 1. The number of hydrogen-bond donors (Lipinski definition) is 4. The summed E-state index contributed by atoms with van der Waals surface area (Å²) in [6.45, 7) is 0. The van der Waals surface area contributed by atoms with Crippen LogP contribution in [-0.2, 0) is 14.4 Å². The van der Waals surface area contributed by atoms with Crippen molar-refractivity contribution >= 4 is 35.1 Å². The van der Waals surface area contributed by atoms with Crippen molar-refractivity contribution < 1.29 is 24.0 Å². The largest absolute Gasteiger partial charge is 0.349 e. The summed E-state index contributed by atoms with van der Waals surface area (Å²) in [4.78, 5) is 35.9. The molecule has 0 saturated heterocycles. The summed E-state index contributed by atoms with van der Waals surface area (Å²) < 4.78 is 13.3. The number of hydrogen-bond acceptors (Lipinski definition) is 4. The van der Waals surface area contributed by atoms with Gasteiger partial charge in [-0.05, 0) is 67.2 Å². The van der Waals surface area contributed by atoms with E-state index < -0.39 is 5.91 Å². The van der Waals surface area contributed by atoms with Crippen molar-refractivity contribution in [2.45, 2.75) is 57.4 Å². The fourth-order valence-electron chi connectivity index (χ4n) is 3.43. The number of carbonyl (C=O) groups excluding carboxylic acids is 3. The Morgan fingerprint density at radius 3 is 2.09 bits per heavy atom. The molecular weight excluding hydrogens is 437 g/mol. The molecule has 1 aliphatic rings. The first-order chi connectivity index (χ1) is 16.4. The summed E-state index contributed by atoms with van der Waals surface area (Å²) in [7, 11) is 0. The molecule has 0 unspecified atom stereocenters. The molecule has 0 heterocycles. The highest BCUT2D eigenvalue weighted by molar-refractivity contribution is 6.24. The maximum absolute atomic E-state index is 13.3. The number of benzene rings is 2. The third-order valence-corrected chi connectivity index (χ3v) is 5.50. The van der Waals surface area contributed by atoms with Gasteiger partial charge in [0.2, 0.25) is 11.8 Å². The number of amides is 3. The van der Waals surface area contributed by atoms with Crippen LogP contribution in [0.3, 0.4) is 0 Å². The number of rotatable bonds is 12. The highest BCUT2D eigenvalue weighted by Gasteiger charge is 2.25. The minimum absolute atomic E-state index is 0.0906. The fraction of sp³-hybridized carbons (Fsp3) is 0.346. The molecule has 0 aromatic heterocycles. The van der Waals surface area contributed by atoms with Crippen molar-refractivity contribution in [3.8, 4) is 0 Å². The van der Waals surface area contributed by atoms with Crippen LogP contribution in [0.2, 0.25) is 0 Å². The van der Waals surface area contributed by atoms with E-state index in [-0.39, 0.29) is 30.1 Å². The Bertz CT molecular complexity index is 1020. The van der Waals surface area contributed by atoms with Crippen molar-refractivity contribution in [1.29, 1.82) is 0 Å². The van der Waals surface area contributed by atoms with Crippen LogP contribution in [0.15, 0.2) is 48.5 Å². The van der Waals surface area contributed by atoms with Gasteiger partial charge in [-0.1, -0.05) is 37.1 Å². The summed E-state index contributed by atoms with van der Waals surface area (Å²) in [5.74, 6) is -1.04. The quantitative estimate of drug-likeness (QED) is 0.122. The third-order valence-electron chi connectivity index (χ3n) is 5.50. The van der Waals surface area contributed by atoms with E-state index in [1.165, 1.54) is 12.1 Å².